The van der Waals surface area contributed by atoms with Gasteiger partial charge in [-0.05, 0) is 48.7 Å². The highest BCUT2D eigenvalue weighted by molar-refractivity contribution is 6.10. The van der Waals surface area contributed by atoms with Crippen LogP contribution < -0.4 is 4.90 Å². The summed E-state index contributed by atoms with van der Waals surface area (Å²) in [6, 6.07) is 15.0. The molecule has 0 radical (unpaired) electrons. The summed E-state index contributed by atoms with van der Waals surface area (Å²) in [4.78, 5) is 6.66. The van der Waals surface area contributed by atoms with Gasteiger partial charge in [-0.25, -0.2) is 4.39 Å². The summed E-state index contributed by atoms with van der Waals surface area (Å²) in [5.74, 6) is 0.681. The van der Waals surface area contributed by atoms with E-state index >= 15 is 0 Å². The molecule has 3 heteroatoms. The Hall–Kier alpha value is -2.16. The average molecular weight is 268 g/mol. The van der Waals surface area contributed by atoms with E-state index < -0.39 is 0 Å². The maximum absolute atomic E-state index is 13.1. The number of aliphatic imine (C=N–C) groups is 1. The van der Waals surface area contributed by atoms with Gasteiger partial charge in [-0.2, -0.15) is 0 Å². The fraction of sp³-hybridized carbons (Fsp3) is 0.235. The van der Waals surface area contributed by atoms with Crippen molar-refractivity contribution in [3.05, 3.63) is 65.5 Å². The van der Waals surface area contributed by atoms with Gasteiger partial charge in [0, 0.05) is 24.8 Å². The number of fused-ring (bicyclic) bond motifs is 1. The Balaban J connectivity index is 2.01. The van der Waals surface area contributed by atoms with Gasteiger partial charge in [0.15, 0.2) is 0 Å². The van der Waals surface area contributed by atoms with E-state index in [9.17, 15) is 4.39 Å². The second-order valence-electron chi connectivity index (χ2n) is 4.94. The normalized spacial score (nSPS) is 15.1. The summed E-state index contributed by atoms with van der Waals surface area (Å²) in [5, 5.41) is 0. The summed E-state index contributed by atoms with van der Waals surface area (Å²) in [6.45, 7) is 0.945. The molecule has 1 heterocycles. The van der Waals surface area contributed by atoms with E-state index in [-0.39, 0.29) is 5.82 Å². The first kappa shape index (κ1) is 12.9. The Bertz CT molecular complexity index is 632. The Labute approximate surface area is 118 Å². The molecular weight excluding hydrogens is 251 g/mol. The first-order chi connectivity index (χ1) is 9.79. The fourth-order valence-corrected chi connectivity index (χ4v) is 2.76. The zero-order valence-corrected chi connectivity index (χ0v) is 11.5. The van der Waals surface area contributed by atoms with Gasteiger partial charge in [-0.3, -0.25) is 4.99 Å². The quantitative estimate of drug-likeness (QED) is 0.569. The Kier molecular flexibility index (Phi) is 3.50. The molecule has 0 unspecified atom stereocenters. The summed E-state index contributed by atoms with van der Waals surface area (Å²) in [6.07, 6.45) is 2.21. The van der Waals surface area contributed by atoms with E-state index in [2.05, 4.69) is 34.2 Å². The van der Waals surface area contributed by atoms with Crippen LogP contribution in [0.3, 0.4) is 0 Å². The first-order valence-corrected chi connectivity index (χ1v) is 6.88. The molecule has 0 atom stereocenters. The van der Waals surface area contributed by atoms with Crippen LogP contribution in [0.2, 0.25) is 0 Å². The van der Waals surface area contributed by atoms with Crippen LogP contribution in [0.25, 0.3) is 0 Å². The lowest BCUT2D eigenvalue weighted by molar-refractivity contribution is 0.627. The third kappa shape index (κ3) is 2.31. The molecule has 0 aromatic heterocycles. The maximum atomic E-state index is 13.1. The molecule has 0 saturated heterocycles. The molecular formula is C17H17FN2. The molecule has 0 spiro atoms. The summed E-state index contributed by atoms with van der Waals surface area (Å²) < 4.78 is 13.1. The second kappa shape index (κ2) is 5.45. The predicted octanol–water partition coefficient (Wildman–Crippen LogP) is 3.65. The van der Waals surface area contributed by atoms with E-state index in [4.69, 9.17) is 0 Å². The van der Waals surface area contributed by atoms with Crippen molar-refractivity contribution in [3.8, 4) is 0 Å². The Morgan fingerprint density at radius 1 is 1.10 bits per heavy atom. The number of hydrogen-bond acceptors (Lipinski definition) is 1. The van der Waals surface area contributed by atoms with E-state index in [1.165, 1.54) is 23.4 Å². The van der Waals surface area contributed by atoms with Crippen LogP contribution in [0.4, 0.5) is 10.1 Å². The third-order valence-electron chi connectivity index (χ3n) is 3.68. The van der Waals surface area contributed by atoms with Crippen molar-refractivity contribution >= 4 is 11.5 Å². The average Bonchev–Trinajstić information content (AvgIpc) is 2.50. The van der Waals surface area contributed by atoms with Crippen LogP contribution >= 0.6 is 0 Å². The number of benzene rings is 2. The van der Waals surface area contributed by atoms with Gasteiger partial charge in [0.2, 0.25) is 0 Å². The number of nitrogens with zero attached hydrogens (tertiary/aromatic N) is 2. The minimum Gasteiger partial charge on any atom is -0.326 e. The number of hydrogen-bond donors (Lipinski definition) is 0. The van der Waals surface area contributed by atoms with Gasteiger partial charge in [-0.1, -0.05) is 18.2 Å². The third-order valence-corrected chi connectivity index (χ3v) is 3.68. The maximum Gasteiger partial charge on any atom is 0.135 e. The first-order valence-electron chi connectivity index (χ1n) is 6.88. The number of rotatable bonds is 1. The van der Waals surface area contributed by atoms with Crippen LogP contribution in [0.5, 0.6) is 0 Å². The molecule has 0 bridgehead atoms. The van der Waals surface area contributed by atoms with Crippen molar-refractivity contribution in [3.63, 3.8) is 0 Å². The lowest BCUT2D eigenvalue weighted by Crippen LogP contribution is -2.36. The van der Waals surface area contributed by atoms with Crippen molar-refractivity contribution in [2.24, 2.45) is 4.99 Å². The van der Waals surface area contributed by atoms with Crippen molar-refractivity contribution in [1.82, 2.24) is 0 Å². The number of anilines is 1. The van der Waals surface area contributed by atoms with Gasteiger partial charge in [0.1, 0.15) is 11.7 Å². The van der Waals surface area contributed by atoms with Crippen LogP contribution in [0.1, 0.15) is 17.5 Å². The van der Waals surface area contributed by atoms with E-state index in [1.807, 2.05) is 0 Å². The Morgan fingerprint density at radius 3 is 2.60 bits per heavy atom. The summed E-state index contributed by atoms with van der Waals surface area (Å²) in [5.41, 5.74) is 3.51. The molecule has 0 saturated carbocycles. The van der Waals surface area contributed by atoms with E-state index in [1.54, 1.807) is 19.2 Å². The van der Waals surface area contributed by atoms with Crippen LogP contribution in [-0.4, -0.2) is 19.4 Å². The SMILES string of the molecule is CN=C(c1ccc(F)cc1)N1CCCc2ccccc21. The van der Waals surface area contributed by atoms with Crippen LogP contribution in [0.15, 0.2) is 53.5 Å². The molecule has 0 N–H and O–H groups in total. The second-order valence-corrected chi connectivity index (χ2v) is 4.94. The molecule has 1 aliphatic rings. The highest BCUT2D eigenvalue weighted by Gasteiger charge is 2.21. The van der Waals surface area contributed by atoms with Gasteiger partial charge in [-0.15, -0.1) is 0 Å². The number of para-hydroxylation sites is 1. The molecule has 3 rings (SSSR count). The Morgan fingerprint density at radius 2 is 1.85 bits per heavy atom. The number of halogens is 1. The lowest BCUT2D eigenvalue weighted by atomic mass is 10.0. The summed E-state index contributed by atoms with van der Waals surface area (Å²) in [7, 11) is 1.79. The molecule has 2 nitrogen and oxygen atoms in total. The molecule has 0 amide bonds. The zero-order valence-electron chi connectivity index (χ0n) is 11.5. The van der Waals surface area contributed by atoms with Gasteiger partial charge in [0.25, 0.3) is 0 Å². The van der Waals surface area contributed by atoms with E-state index in [0.717, 1.165) is 30.8 Å². The molecule has 20 heavy (non-hydrogen) atoms. The molecule has 2 aromatic carbocycles. The smallest absolute Gasteiger partial charge is 0.135 e. The number of aryl methyl sites for hydroxylation is 1. The van der Waals surface area contributed by atoms with Crippen LogP contribution in [-0.2, 0) is 6.42 Å². The highest BCUT2D eigenvalue weighted by Crippen LogP contribution is 2.28. The topological polar surface area (TPSA) is 15.6 Å². The van der Waals surface area contributed by atoms with Crippen molar-refractivity contribution in [2.45, 2.75) is 12.8 Å². The monoisotopic (exact) mass is 268 g/mol. The standard InChI is InChI=1S/C17H17FN2/c1-19-17(14-8-10-15(18)11-9-14)20-12-4-6-13-5-2-3-7-16(13)20/h2-3,5,7-11H,4,6,12H2,1H3. The molecule has 0 aliphatic carbocycles. The van der Waals surface area contributed by atoms with Gasteiger partial charge < -0.3 is 4.90 Å². The minimum absolute atomic E-state index is 0.219. The zero-order chi connectivity index (χ0) is 13.9. The summed E-state index contributed by atoms with van der Waals surface area (Å²) >= 11 is 0. The molecule has 102 valence electrons. The van der Waals surface area contributed by atoms with Crippen LogP contribution in [0, 0.1) is 5.82 Å². The van der Waals surface area contributed by atoms with Crippen molar-refractivity contribution in [2.75, 3.05) is 18.5 Å². The van der Waals surface area contributed by atoms with Gasteiger partial charge in [0.05, 0.1) is 0 Å². The fourth-order valence-electron chi connectivity index (χ4n) is 2.76. The minimum atomic E-state index is -0.219. The molecule has 1 aliphatic heterocycles. The largest absolute Gasteiger partial charge is 0.326 e. The van der Waals surface area contributed by atoms with Gasteiger partial charge >= 0.3 is 0 Å². The molecule has 0 fully saturated rings. The van der Waals surface area contributed by atoms with Crippen molar-refractivity contribution < 1.29 is 4.39 Å². The molecule has 2 aromatic rings. The number of amidine groups is 1. The van der Waals surface area contributed by atoms with E-state index in [0.29, 0.717) is 0 Å². The lowest BCUT2D eigenvalue weighted by Gasteiger charge is -2.32. The highest BCUT2D eigenvalue weighted by atomic mass is 19.1. The predicted molar refractivity (Wildman–Crippen MR) is 81.0 cm³/mol. The van der Waals surface area contributed by atoms with Crippen molar-refractivity contribution in [1.29, 1.82) is 0 Å².